The van der Waals surface area contributed by atoms with Crippen LogP contribution in [0.4, 0.5) is 18.9 Å². The molecule has 0 heterocycles. The Morgan fingerprint density at radius 1 is 1.21 bits per heavy atom. The van der Waals surface area contributed by atoms with E-state index in [-0.39, 0.29) is 0 Å². The average molecular weight is 393 g/mol. The van der Waals surface area contributed by atoms with Gasteiger partial charge in [0, 0.05) is 25.5 Å². The van der Waals surface area contributed by atoms with Crippen molar-refractivity contribution in [3.63, 3.8) is 0 Å². The minimum atomic E-state index is -4.29. The minimum Gasteiger partial charge on any atom is -0.371 e. The molecule has 3 rings (SSSR count). The van der Waals surface area contributed by atoms with Gasteiger partial charge in [-0.1, -0.05) is 18.6 Å². The van der Waals surface area contributed by atoms with Crippen molar-refractivity contribution in [1.82, 2.24) is 0 Å². The predicted octanol–water partition coefficient (Wildman–Crippen LogP) is 6.12. The summed E-state index contributed by atoms with van der Waals surface area (Å²) in [6.45, 7) is 5.97. The van der Waals surface area contributed by atoms with Crippen molar-refractivity contribution in [2.24, 2.45) is 22.7 Å². The average Bonchev–Trinajstić information content (AvgIpc) is 3.26. The normalized spacial score (nSPS) is 26.2. The Balaban J connectivity index is 1.77. The number of hydrogen-bond acceptors (Lipinski definition) is 2. The molecule has 5 heteroatoms. The fourth-order valence-corrected chi connectivity index (χ4v) is 4.55. The summed E-state index contributed by atoms with van der Waals surface area (Å²) < 4.78 is 38.7. The van der Waals surface area contributed by atoms with Gasteiger partial charge in [-0.25, -0.2) is 0 Å². The van der Waals surface area contributed by atoms with Crippen LogP contribution in [0.3, 0.4) is 0 Å². The van der Waals surface area contributed by atoms with Crippen LogP contribution < -0.4 is 4.90 Å². The van der Waals surface area contributed by atoms with E-state index in [0.717, 1.165) is 30.5 Å². The Morgan fingerprint density at radius 2 is 1.96 bits per heavy atom. The molecule has 1 aromatic rings. The second-order valence-corrected chi connectivity index (χ2v) is 8.63. The highest BCUT2D eigenvalue weighted by molar-refractivity contribution is 5.80. The minimum absolute atomic E-state index is 0.357. The third kappa shape index (κ3) is 4.79. The third-order valence-electron chi connectivity index (χ3n) is 6.62. The van der Waals surface area contributed by atoms with Gasteiger partial charge in [0.2, 0.25) is 0 Å². The molecule has 2 nitrogen and oxygen atoms in total. The van der Waals surface area contributed by atoms with E-state index in [1.807, 2.05) is 7.05 Å². The van der Waals surface area contributed by atoms with Crippen LogP contribution >= 0.6 is 0 Å². The van der Waals surface area contributed by atoms with Crippen molar-refractivity contribution in [2.75, 3.05) is 18.5 Å². The van der Waals surface area contributed by atoms with Gasteiger partial charge >= 0.3 is 6.18 Å². The number of halogens is 3. The molecule has 4 unspecified atom stereocenters. The fraction of sp³-hybridized carbons (Fsp3) is 0.609. The Labute approximate surface area is 166 Å². The first-order chi connectivity index (χ1) is 13.1. The van der Waals surface area contributed by atoms with E-state index in [2.05, 4.69) is 48.0 Å². The molecule has 0 aliphatic heterocycles. The highest BCUT2D eigenvalue weighted by Gasteiger charge is 2.41. The number of alkyl halides is 3. The molecule has 2 aliphatic rings. The van der Waals surface area contributed by atoms with Gasteiger partial charge in [-0.05, 0) is 86.6 Å². The van der Waals surface area contributed by atoms with Crippen LogP contribution in [0.25, 0.3) is 0 Å². The molecule has 2 aliphatic carbocycles. The summed E-state index contributed by atoms with van der Waals surface area (Å²) in [6.07, 6.45) is 4.10. The van der Waals surface area contributed by atoms with Crippen molar-refractivity contribution in [3.05, 3.63) is 41.0 Å². The number of aliphatic imine (C=N–C) groups is 1. The number of allylic oxidation sites excluding steroid dienone is 1. The first-order valence-electron chi connectivity index (χ1n) is 10.2. The van der Waals surface area contributed by atoms with Crippen molar-refractivity contribution in [1.29, 1.82) is 0 Å². The van der Waals surface area contributed by atoms with Gasteiger partial charge in [0.05, 0.1) is 0 Å². The molecule has 28 heavy (non-hydrogen) atoms. The summed E-state index contributed by atoms with van der Waals surface area (Å²) in [5.74, 6) is 1.70. The lowest BCUT2D eigenvalue weighted by molar-refractivity contribution is -0.142. The van der Waals surface area contributed by atoms with Crippen LogP contribution in [-0.2, 0) is 0 Å². The highest BCUT2D eigenvalue weighted by atomic mass is 19.4. The summed E-state index contributed by atoms with van der Waals surface area (Å²) >= 11 is 0. The molecule has 154 valence electrons. The second-order valence-electron chi connectivity index (χ2n) is 8.63. The van der Waals surface area contributed by atoms with Crippen LogP contribution in [0.15, 0.2) is 34.8 Å². The van der Waals surface area contributed by atoms with Gasteiger partial charge in [-0.3, -0.25) is 4.99 Å². The van der Waals surface area contributed by atoms with E-state index < -0.39 is 12.2 Å². The number of likely N-dealkylation sites (N-methyl/N-ethyl adjacent to an activating group) is 1. The summed E-state index contributed by atoms with van der Waals surface area (Å²) in [6, 6.07) is 4.69. The highest BCUT2D eigenvalue weighted by Crippen LogP contribution is 2.50. The third-order valence-corrected chi connectivity index (χ3v) is 6.62. The maximum Gasteiger partial charge on any atom is 0.410 e. The molecular formula is C23H31F3N2. The zero-order valence-electron chi connectivity index (χ0n) is 17.3. The molecule has 4 atom stereocenters. The van der Waals surface area contributed by atoms with Crippen molar-refractivity contribution < 1.29 is 13.2 Å². The van der Waals surface area contributed by atoms with Crippen molar-refractivity contribution in [2.45, 2.75) is 58.7 Å². The zero-order chi connectivity index (χ0) is 20.5. The number of aryl methyl sites for hydroxylation is 2. The quantitative estimate of drug-likeness (QED) is 0.532. The topological polar surface area (TPSA) is 15.6 Å². The van der Waals surface area contributed by atoms with E-state index in [9.17, 15) is 13.2 Å². The first-order valence-corrected chi connectivity index (χ1v) is 10.2. The van der Waals surface area contributed by atoms with E-state index in [4.69, 9.17) is 0 Å². The van der Waals surface area contributed by atoms with Crippen molar-refractivity contribution in [3.8, 4) is 0 Å². The first kappa shape index (κ1) is 20.9. The molecule has 0 aromatic heterocycles. The summed E-state index contributed by atoms with van der Waals surface area (Å²) in [7, 11) is 2.02. The van der Waals surface area contributed by atoms with Gasteiger partial charge in [0.15, 0.2) is 0 Å². The molecule has 0 radical (unpaired) electrons. The van der Waals surface area contributed by atoms with Crippen LogP contribution in [0.1, 0.15) is 43.7 Å². The van der Waals surface area contributed by atoms with E-state index in [0.29, 0.717) is 18.4 Å². The molecule has 1 aromatic carbocycles. The molecule has 0 amide bonds. The molecule has 0 saturated heterocycles. The van der Waals surface area contributed by atoms with E-state index in [1.54, 1.807) is 0 Å². The maximum atomic E-state index is 12.9. The van der Waals surface area contributed by atoms with Crippen LogP contribution in [0, 0.1) is 31.6 Å². The fourth-order valence-electron chi connectivity index (χ4n) is 4.55. The van der Waals surface area contributed by atoms with Crippen LogP contribution in [-0.4, -0.2) is 32.0 Å². The number of fused-ring (bicyclic) bond motifs is 2. The second kappa shape index (κ2) is 8.30. The Kier molecular flexibility index (Phi) is 6.21. The SMILES string of the molecule is Cc1ccc(N(C)C/C=C(/C=N\C(C)C(F)(F)F)C2CC3CCC2C3)cc1C. The molecule has 2 bridgehead atoms. The van der Waals surface area contributed by atoms with Crippen molar-refractivity contribution >= 4 is 11.9 Å². The molecule has 2 fully saturated rings. The van der Waals surface area contributed by atoms with Gasteiger partial charge < -0.3 is 4.90 Å². The summed E-state index contributed by atoms with van der Waals surface area (Å²) in [5, 5.41) is 0. The van der Waals surface area contributed by atoms with Gasteiger partial charge in [-0.15, -0.1) is 0 Å². The molecule has 2 saturated carbocycles. The molecule has 0 spiro atoms. The van der Waals surface area contributed by atoms with Crippen LogP contribution in [0.2, 0.25) is 0 Å². The number of anilines is 1. The number of benzene rings is 1. The van der Waals surface area contributed by atoms with Gasteiger partial charge in [-0.2, -0.15) is 13.2 Å². The van der Waals surface area contributed by atoms with Gasteiger partial charge in [0.25, 0.3) is 0 Å². The summed E-state index contributed by atoms with van der Waals surface area (Å²) in [5.41, 5.74) is 4.59. The molecule has 0 N–H and O–H groups in total. The maximum absolute atomic E-state index is 12.9. The van der Waals surface area contributed by atoms with E-state index >= 15 is 0 Å². The largest absolute Gasteiger partial charge is 0.410 e. The Hall–Kier alpha value is -1.78. The summed E-state index contributed by atoms with van der Waals surface area (Å²) in [4.78, 5) is 6.00. The standard InChI is InChI=1S/C23H31F3N2/c1-15-5-8-21(11-16(15)2)28(4)10-9-20(14-27-17(3)23(24,25)26)22-13-18-6-7-19(22)12-18/h5,8-9,11,14,17-19,22H,6-7,10,12-13H2,1-4H3/b20-9-,27-14-. The lowest BCUT2D eigenvalue weighted by atomic mass is 9.83. The molecular weight excluding hydrogens is 361 g/mol. The lowest BCUT2D eigenvalue weighted by Gasteiger charge is -2.25. The smallest absolute Gasteiger partial charge is 0.371 e. The van der Waals surface area contributed by atoms with Crippen LogP contribution in [0.5, 0.6) is 0 Å². The monoisotopic (exact) mass is 392 g/mol. The number of hydrogen-bond donors (Lipinski definition) is 0. The zero-order valence-corrected chi connectivity index (χ0v) is 17.3. The Morgan fingerprint density at radius 3 is 2.54 bits per heavy atom. The Bertz CT molecular complexity index is 751. The van der Waals surface area contributed by atoms with E-state index in [1.165, 1.54) is 36.6 Å². The number of nitrogens with zero attached hydrogens (tertiary/aromatic N) is 2. The predicted molar refractivity (Wildman–Crippen MR) is 110 cm³/mol. The van der Waals surface area contributed by atoms with Gasteiger partial charge in [0.1, 0.15) is 6.04 Å². The number of rotatable bonds is 6. The lowest BCUT2D eigenvalue weighted by Crippen LogP contribution is -2.24.